The van der Waals surface area contributed by atoms with E-state index in [1.54, 1.807) is 0 Å². The molecule has 1 amide bonds. The van der Waals surface area contributed by atoms with Crippen LogP contribution in [0.3, 0.4) is 0 Å². The Balaban J connectivity index is 3.13. The molecule has 0 spiro atoms. The van der Waals surface area contributed by atoms with Crippen molar-refractivity contribution >= 4 is 5.91 Å². The van der Waals surface area contributed by atoms with E-state index >= 15 is 0 Å². The van der Waals surface area contributed by atoms with E-state index in [0.717, 1.165) is 4.57 Å². The van der Waals surface area contributed by atoms with Gasteiger partial charge in [0.1, 0.15) is 12.6 Å². The molecule has 5 nitrogen and oxygen atoms in total. The van der Waals surface area contributed by atoms with E-state index in [1.807, 2.05) is 6.07 Å². The minimum absolute atomic E-state index is 0.200. The Hall–Kier alpha value is -2.09. The lowest BCUT2D eigenvalue weighted by atomic mass is 10.3. The lowest BCUT2D eigenvalue weighted by Gasteiger charge is -2.00. The van der Waals surface area contributed by atoms with E-state index in [1.165, 1.54) is 18.3 Å². The number of aromatic nitrogens is 1. The van der Waals surface area contributed by atoms with E-state index < -0.39 is 5.91 Å². The number of nitrogens with two attached hydrogens (primary N) is 1. The topological polar surface area (TPSA) is 88.9 Å². The molecule has 0 atom stereocenters. The van der Waals surface area contributed by atoms with Gasteiger partial charge in [-0.05, 0) is 6.07 Å². The van der Waals surface area contributed by atoms with Gasteiger partial charge >= 0.3 is 0 Å². The van der Waals surface area contributed by atoms with Crippen LogP contribution in [0.15, 0.2) is 23.1 Å². The second kappa shape index (κ2) is 3.54. The number of primary amides is 1. The fourth-order valence-corrected chi connectivity index (χ4v) is 0.889. The lowest BCUT2D eigenvalue weighted by molar-refractivity contribution is -0.118. The second-order valence-corrected chi connectivity index (χ2v) is 2.46. The highest BCUT2D eigenvalue weighted by Gasteiger charge is 2.00. The van der Waals surface area contributed by atoms with Crippen LogP contribution in [0.5, 0.6) is 0 Å². The molecule has 0 aliphatic rings. The molecule has 2 N–H and O–H groups in total. The van der Waals surface area contributed by atoms with Crippen molar-refractivity contribution in [3.05, 3.63) is 34.2 Å². The minimum atomic E-state index is -0.614. The van der Waals surface area contributed by atoms with Gasteiger partial charge in [-0.15, -0.1) is 0 Å². The fraction of sp³-hybridized carbons (Fsp3) is 0.125. The Morgan fingerprint density at radius 1 is 1.62 bits per heavy atom. The van der Waals surface area contributed by atoms with Crippen molar-refractivity contribution in [1.82, 2.24) is 4.57 Å². The maximum atomic E-state index is 11.1. The summed E-state index contributed by atoms with van der Waals surface area (Å²) in [5, 5.41) is 8.51. The van der Waals surface area contributed by atoms with Crippen LogP contribution >= 0.6 is 0 Å². The van der Waals surface area contributed by atoms with E-state index in [2.05, 4.69) is 0 Å². The summed E-state index contributed by atoms with van der Waals surface area (Å²) in [5.41, 5.74) is 4.87. The van der Waals surface area contributed by atoms with Gasteiger partial charge in [0.05, 0.1) is 5.56 Å². The first kappa shape index (κ1) is 9.00. The quantitative estimate of drug-likeness (QED) is 0.641. The van der Waals surface area contributed by atoms with E-state index in [-0.39, 0.29) is 12.1 Å². The standard InChI is InChI=1S/C8H7N3O2/c9-3-6-1-2-8(13)11(4-6)5-7(10)12/h1-2,4H,5H2,(H2,10,12). The summed E-state index contributed by atoms with van der Waals surface area (Å²) in [6.07, 6.45) is 1.30. The predicted octanol–water partition coefficient (Wildman–Crippen LogP) is -0.795. The van der Waals surface area contributed by atoms with E-state index in [0.29, 0.717) is 5.56 Å². The molecule has 0 fully saturated rings. The number of carbonyl (C=O) groups is 1. The van der Waals surface area contributed by atoms with Gasteiger partial charge in [-0.3, -0.25) is 9.59 Å². The number of carbonyl (C=O) groups excluding carboxylic acids is 1. The van der Waals surface area contributed by atoms with Gasteiger partial charge in [0.2, 0.25) is 5.91 Å². The van der Waals surface area contributed by atoms with Crippen LogP contribution in [0.4, 0.5) is 0 Å². The van der Waals surface area contributed by atoms with Crippen molar-refractivity contribution in [2.45, 2.75) is 6.54 Å². The van der Waals surface area contributed by atoms with Crippen molar-refractivity contribution < 1.29 is 4.79 Å². The Morgan fingerprint density at radius 2 is 2.31 bits per heavy atom. The Bertz CT molecular complexity index is 428. The monoisotopic (exact) mass is 177 g/mol. The van der Waals surface area contributed by atoms with Gasteiger partial charge in [0.15, 0.2) is 0 Å². The van der Waals surface area contributed by atoms with Crippen LogP contribution < -0.4 is 11.3 Å². The van der Waals surface area contributed by atoms with Crippen molar-refractivity contribution in [2.75, 3.05) is 0 Å². The number of pyridine rings is 1. The zero-order chi connectivity index (χ0) is 9.84. The molecule has 1 aromatic rings. The molecule has 66 valence electrons. The number of hydrogen-bond acceptors (Lipinski definition) is 3. The average Bonchev–Trinajstić information content (AvgIpc) is 2.08. The third-order valence-corrected chi connectivity index (χ3v) is 1.44. The molecule has 0 aliphatic carbocycles. The van der Waals surface area contributed by atoms with Crippen LogP contribution in [0.1, 0.15) is 5.56 Å². The first-order valence-corrected chi connectivity index (χ1v) is 3.52. The van der Waals surface area contributed by atoms with Gasteiger partial charge in [-0.25, -0.2) is 0 Å². The summed E-state index contributed by atoms with van der Waals surface area (Å²) in [6.45, 7) is -0.200. The number of nitriles is 1. The van der Waals surface area contributed by atoms with Gasteiger partial charge < -0.3 is 10.3 Å². The van der Waals surface area contributed by atoms with E-state index in [9.17, 15) is 9.59 Å². The summed E-state index contributed by atoms with van der Waals surface area (Å²) in [4.78, 5) is 21.6. The minimum Gasteiger partial charge on any atom is -0.368 e. The number of hydrogen-bond donors (Lipinski definition) is 1. The molecule has 0 saturated heterocycles. The highest BCUT2D eigenvalue weighted by Crippen LogP contribution is 1.91. The molecular formula is C8H7N3O2. The van der Waals surface area contributed by atoms with Crippen molar-refractivity contribution in [3.63, 3.8) is 0 Å². The maximum absolute atomic E-state index is 11.1. The number of nitrogens with zero attached hydrogens (tertiary/aromatic N) is 2. The molecule has 1 rings (SSSR count). The molecule has 1 aromatic heterocycles. The number of rotatable bonds is 2. The summed E-state index contributed by atoms with van der Waals surface area (Å²) in [6, 6.07) is 4.47. The van der Waals surface area contributed by atoms with Gasteiger partial charge in [0, 0.05) is 12.3 Å². The van der Waals surface area contributed by atoms with Gasteiger partial charge in [0.25, 0.3) is 5.56 Å². The number of amides is 1. The van der Waals surface area contributed by atoms with Crippen LogP contribution in [0.25, 0.3) is 0 Å². The smallest absolute Gasteiger partial charge is 0.251 e. The van der Waals surface area contributed by atoms with Crippen LogP contribution in [0, 0.1) is 11.3 Å². The molecule has 0 bridgehead atoms. The van der Waals surface area contributed by atoms with Crippen LogP contribution in [0.2, 0.25) is 0 Å². The van der Waals surface area contributed by atoms with Gasteiger partial charge in [-0.2, -0.15) is 5.26 Å². The SMILES string of the molecule is N#Cc1ccc(=O)n(CC(N)=O)c1. The molecule has 0 radical (unpaired) electrons. The Labute approximate surface area is 74.0 Å². The van der Waals surface area contributed by atoms with Crippen molar-refractivity contribution in [1.29, 1.82) is 5.26 Å². The highest BCUT2D eigenvalue weighted by atomic mass is 16.2. The fourth-order valence-electron chi connectivity index (χ4n) is 0.889. The third kappa shape index (κ3) is 2.17. The molecular weight excluding hydrogens is 170 g/mol. The van der Waals surface area contributed by atoms with Crippen LogP contribution in [-0.4, -0.2) is 10.5 Å². The highest BCUT2D eigenvalue weighted by molar-refractivity contribution is 5.73. The maximum Gasteiger partial charge on any atom is 0.251 e. The summed E-state index contributed by atoms with van der Waals surface area (Å²) >= 11 is 0. The predicted molar refractivity (Wildman–Crippen MR) is 44.6 cm³/mol. The molecule has 0 aromatic carbocycles. The van der Waals surface area contributed by atoms with E-state index in [4.69, 9.17) is 11.0 Å². The summed E-state index contributed by atoms with van der Waals surface area (Å²) < 4.78 is 1.10. The third-order valence-electron chi connectivity index (χ3n) is 1.44. The molecule has 5 heteroatoms. The Morgan fingerprint density at radius 3 is 2.85 bits per heavy atom. The molecule has 0 unspecified atom stereocenters. The average molecular weight is 177 g/mol. The second-order valence-electron chi connectivity index (χ2n) is 2.46. The zero-order valence-corrected chi connectivity index (χ0v) is 6.73. The summed E-state index contributed by atoms with van der Waals surface area (Å²) in [5.74, 6) is -0.614. The molecule has 13 heavy (non-hydrogen) atoms. The summed E-state index contributed by atoms with van der Waals surface area (Å²) in [7, 11) is 0. The molecule has 1 heterocycles. The Kier molecular flexibility index (Phi) is 2.45. The molecule has 0 aliphatic heterocycles. The van der Waals surface area contributed by atoms with Crippen molar-refractivity contribution in [3.8, 4) is 6.07 Å². The first-order valence-electron chi connectivity index (χ1n) is 3.52. The molecule has 0 saturated carbocycles. The van der Waals surface area contributed by atoms with Crippen LogP contribution in [-0.2, 0) is 11.3 Å². The van der Waals surface area contributed by atoms with Gasteiger partial charge in [-0.1, -0.05) is 0 Å². The normalized spacial score (nSPS) is 9.15. The van der Waals surface area contributed by atoms with Crippen molar-refractivity contribution in [2.24, 2.45) is 5.73 Å². The first-order chi connectivity index (χ1) is 6.13. The largest absolute Gasteiger partial charge is 0.368 e. The lowest BCUT2D eigenvalue weighted by Crippen LogP contribution is -2.27. The zero-order valence-electron chi connectivity index (χ0n) is 6.73.